The molecule has 5 N–H and O–H groups in total. The molecule has 4 heterocycles. The summed E-state index contributed by atoms with van der Waals surface area (Å²) >= 11 is 0. The van der Waals surface area contributed by atoms with Gasteiger partial charge in [0.1, 0.15) is 11.8 Å². The second-order valence-corrected chi connectivity index (χ2v) is 7.10. The average molecular weight is 436 g/mol. The van der Waals surface area contributed by atoms with Crippen LogP contribution in [-0.4, -0.2) is 46.9 Å². The van der Waals surface area contributed by atoms with E-state index < -0.39 is 35.8 Å². The number of hydrogen-bond donors (Lipinski definition) is 4. The van der Waals surface area contributed by atoms with Gasteiger partial charge in [0.05, 0.1) is 18.3 Å². The van der Waals surface area contributed by atoms with Crippen molar-refractivity contribution in [2.24, 2.45) is 21.7 Å². The first kappa shape index (κ1) is 20.8. The van der Waals surface area contributed by atoms with Crippen LogP contribution in [0, 0.1) is 5.92 Å². The Balaban J connectivity index is 1.79. The molecule has 1 aromatic rings. The summed E-state index contributed by atoms with van der Waals surface area (Å²) in [5.41, 5.74) is 2.89. The SMILES string of the molecule is CCNC(=O)NC1=NCC2=C(C1)c1cc(C(F)(F)F)nn1C1C2=CN=CC1C(=O)NN. The number of fused-ring (bicyclic) bond motifs is 5. The molecule has 0 aliphatic carbocycles. The summed E-state index contributed by atoms with van der Waals surface area (Å²) in [5.74, 6) is 4.04. The maximum Gasteiger partial charge on any atom is 0.435 e. The summed E-state index contributed by atoms with van der Waals surface area (Å²) in [7, 11) is 0. The number of hydrazine groups is 1. The highest BCUT2D eigenvalue weighted by molar-refractivity contribution is 6.04. The zero-order chi connectivity index (χ0) is 22.3. The highest BCUT2D eigenvalue weighted by atomic mass is 19.4. The molecule has 3 aliphatic rings. The van der Waals surface area contributed by atoms with E-state index in [4.69, 9.17) is 5.84 Å². The lowest BCUT2D eigenvalue weighted by Gasteiger charge is -2.36. The van der Waals surface area contributed by atoms with Crippen molar-refractivity contribution in [2.75, 3.05) is 13.1 Å². The van der Waals surface area contributed by atoms with Gasteiger partial charge in [-0.25, -0.2) is 10.6 Å². The van der Waals surface area contributed by atoms with Crippen LogP contribution < -0.4 is 21.9 Å². The molecule has 2 unspecified atom stereocenters. The van der Waals surface area contributed by atoms with Crippen LogP contribution >= 0.6 is 0 Å². The second kappa shape index (κ2) is 7.65. The Labute approximate surface area is 174 Å². The Morgan fingerprint density at radius 2 is 2.10 bits per heavy atom. The van der Waals surface area contributed by atoms with Crippen LogP contribution in [0.3, 0.4) is 0 Å². The minimum atomic E-state index is -4.67. The number of urea groups is 1. The number of carbonyl (C=O) groups is 2. The number of carbonyl (C=O) groups excluding carboxylic acids is 2. The van der Waals surface area contributed by atoms with E-state index >= 15 is 0 Å². The van der Waals surface area contributed by atoms with E-state index in [-0.39, 0.29) is 18.7 Å². The van der Waals surface area contributed by atoms with Crippen molar-refractivity contribution in [1.29, 1.82) is 0 Å². The number of aromatic nitrogens is 2. The van der Waals surface area contributed by atoms with Crippen LogP contribution in [0.25, 0.3) is 5.57 Å². The van der Waals surface area contributed by atoms with Gasteiger partial charge in [0.15, 0.2) is 5.69 Å². The number of rotatable bonds is 2. The molecular weight excluding hydrogens is 417 g/mol. The molecule has 0 saturated carbocycles. The molecule has 1 aromatic heterocycles. The molecule has 0 bridgehead atoms. The fraction of sp³-hybridized carbons (Fsp3) is 0.389. The number of nitrogens with one attached hydrogen (secondary N) is 3. The summed E-state index contributed by atoms with van der Waals surface area (Å²) in [6.45, 7) is 2.27. The molecule has 0 fully saturated rings. The average Bonchev–Trinajstić information content (AvgIpc) is 3.19. The maximum atomic E-state index is 13.5. The third-order valence-electron chi connectivity index (χ3n) is 5.24. The molecule has 0 aromatic carbocycles. The van der Waals surface area contributed by atoms with Crippen LogP contribution in [-0.2, 0) is 11.0 Å². The molecule has 3 amide bonds. The van der Waals surface area contributed by atoms with Crippen molar-refractivity contribution >= 4 is 29.6 Å². The lowest BCUT2D eigenvalue weighted by Crippen LogP contribution is -2.44. The van der Waals surface area contributed by atoms with Crippen molar-refractivity contribution in [3.63, 3.8) is 0 Å². The molecule has 0 saturated heterocycles. The minimum absolute atomic E-state index is 0.0942. The summed E-state index contributed by atoms with van der Waals surface area (Å²) in [5, 5.41) is 8.97. The fourth-order valence-electron chi connectivity index (χ4n) is 3.92. The maximum absolute atomic E-state index is 13.5. The van der Waals surface area contributed by atoms with Crippen LogP contribution in [0.5, 0.6) is 0 Å². The number of alkyl halides is 3. The van der Waals surface area contributed by atoms with Crippen molar-refractivity contribution in [3.05, 3.63) is 34.8 Å². The standard InChI is InChI=1S/C18H19F3N8O2/c1-2-24-17(31)26-14-3-8-9(7-25-14)10-5-23-6-11(16(30)27-22)15(10)29-12(8)4-13(28-29)18(19,20)21/h4-6,11,15H,2-3,7,22H2,1H3,(H,27,30)(H2,24,25,26,31). The third kappa shape index (κ3) is 3.60. The Hall–Kier alpha value is -3.48. The van der Waals surface area contributed by atoms with Gasteiger partial charge in [-0.1, -0.05) is 0 Å². The molecular formula is C18H19F3N8O2. The Bertz CT molecular complexity index is 1070. The first-order chi connectivity index (χ1) is 14.7. The van der Waals surface area contributed by atoms with Gasteiger partial charge in [0, 0.05) is 31.0 Å². The molecule has 13 heteroatoms. The Morgan fingerprint density at radius 3 is 2.77 bits per heavy atom. The largest absolute Gasteiger partial charge is 0.435 e. The van der Waals surface area contributed by atoms with Crippen LogP contribution in [0.2, 0.25) is 0 Å². The van der Waals surface area contributed by atoms with Gasteiger partial charge in [-0.2, -0.15) is 18.3 Å². The van der Waals surface area contributed by atoms with E-state index in [2.05, 4.69) is 25.7 Å². The molecule has 0 spiro atoms. The van der Waals surface area contributed by atoms with E-state index in [9.17, 15) is 22.8 Å². The number of amidine groups is 1. The van der Waals surface area contributed by atoms with Crippen LogP contribution in [0.1, 0.15) is 30.8 Å². The van der Waals surface area contributed by atoms with E-state index in [0.29, 0.717) is 29.1 Å². The minimum Gasteiger partial charge on any atom is -0.338 e. The number of halogens is 3. The molecule has 31 heavy (non-hydrogen) atoms. The lowest BCUT2D eigenvalue weighted by atomic mass is 9.80. The van der Waals surface area contributed by atoms with Gasteiger partial charge in [-0.05, 0) is 24.1 Å². The number of amides is 3. The molecule has 0 radical (unpaired) electrons. The zero-order valence-corrected chi connectivity index (χ0v) is 16.3. The molecule has 3 aliphatic heterocycles. The first-order valence-corrected chi connectivity index (χ1v) is 9.46. The van der Waals surface area contributed by atoms with Gasteiger partial charge in [-0.15, -0.1) is 0 Å². The third-order valence-corrected chi connectivity index (χ3v) is 5.24. The summed E-state index contributed by atoms with van der Waals surface area (Å²) < 4.78 is 41.6. The molecule has 10 nitrogen and oxygen atoms in total. The summed E-state index contributed by atoms with van der Waals surface area (Å²) in [6.07, 6.45) is -1.75. The van der Waals surface area contributed by atoms with Gasteiger partial charge in [0.2, 0.25) is 5.91 Å². The zero-order valence-electron chi connectivity index (χ0n) is 16.3. The molecule has 4 rings (SSSR count). The summed E-state index contributed by atoms with van der Waals surface area (Å²) in [4.78, 5) is 32.6. The van der Waals surface area contributed by atoms with Crippen molar-refractivity contribution < 1.29 is 22.8 Å². The fourth-order valence-corrected chi connectivity index (χ4v) is 3.92. The first-order valence-electron chi connectivity index (χ1n) is 9.46. The Morgan fingerprint density at radius 1 is 1.32 bits per heavy atom. The van der Waals surface area contributed by atoms with Gasteiger partial charge in [-0.3, -0.25) is 30.2 Å². The topological polar surface area (TPSA) is 139 Å². The van der Waals surface area contributed by atoms with Gasteiger partial charge in [0.25, 0.3) is 0 Å². The van der Waals surface area contributed by atoms with E-state index in [1.54, 1.807) is 6.92 Å². The van der Waals surface area contributed by atoms with E-state index in [0.717, 1.165) is 6.07 Å². The number of aliphatic imine (C=N–C) groups is 2. The van der Waals surface area contributed by atoms with Gasteiger partial charge < -0.3 is 5.32 Å². The van der Waals surface area contributed by atoms with Crippen LogP contribution in [0.4, 0.5) is 18.0 Å². The highest BCUT2D eigenvalue weighted by Gasteiger charge is 2.44. The predicted octanol–water partition coefficient (Wildman–Crippen LogP) is 0.906. The number of nitrogens with zero attached hydrogens (tertiary/aromatic N) is 4. The quantitative estimate of drug-likeness (QED) is 0.311. The highest BCUT2D eigenvalue weighted by Crippen LogP contribution is 2.46. The Kier molecular flexibility index (Phi) is 5.13. The monoisotopic (exact) mass is 436 g/mol. The lowest BCUT2D eigenvalue weighted by molar-refractivity contribution is -0.141. The number of nitrogens with two attached hydrogens (primary N) is 1. The van der Waals surface area contributed by atoms with Crippen molar-refractivity contribution in [2.45, 2.75) is 25.6 Å². The van der Waals surface area contributed by atoms with Crippen molar-refractivity contribution in [1.82, 2.24) is 25.8 Å². The number of dihydropyridines is 1. The van der Waals surface area contributed by atoms with Gasteiger partial charge >= 0.3 is 12.2 Å². The van der Waals surface area contributed by atoms with Crippen molar-refractivity contribution in [3.8, 4) is 0 Å². The second-order valence-electron chi connectivity index (χ2n) is 7.10. The molecule has 2 atom stereocenters. The van der Waals surface area contributed by atoms with Crippen LogP contribution in [0.15, 0.2) is 33.4 Å². The smallest absolute Gasteiger partial charge is 0.338 e. The molecule has 164 valence electrons. The van der Waals surface area contributed by atoms with E-state index in [1.165, 1.54) is 17.1 Å². The van der Waals surface area contributed by atoms with E-state index in [1.807, 2.05) is 5.43 Å². The summed E-state index contributed by atoms with van der Waals surface area (Å²) in [6, 6.07) is -0.353. The normalized spacial score (nSPS) is 22.0. The predicted molar refractivity (Wildman–Crippen MR) is 105 cm³/mol. The number of hydrogen-bond acceptors (Lipinski definition) is 6.